The first-order valence-electron chi connectivity index (χ1n) is 4.17. The third-order valence-corrected chi connectivity index (χ3v) is 2.65. The van der Waals surface area contributed by atoms with Crippen molar-refractivity contribution in [2.24, 2.45) is 0 Å². The highest BCUT2D eigenvalue weighted by molar-refractivity contribution is 7.17. The Labute approximate surface area is 91.9 Å². The lowest BCUT2D eigenvalue weighted by molar-refractivity contribution is 0.0702. The van der Waals surface area contributed by atoms with Crippen LogP contribution in [0, 0.1) is 12.3 Å². The lowest BCUT2D eigenvalue weighted by atomic mass is 10.5. The molecule has 4 nitrogen and oxygen atoms in total. The van der Waals surface area contributed by atoms with Crippen molar-refractivity contribution in [2.75, 3.05) is 18.0 Å². The van der Waals surface area contributed by atoms with Gasteiger partial charge in [0, 0.05) is 6.54 Å². The number of terminal acetylenes is 1. The van der Waals surface area contributed by atoms with Crippen molar-refractivity contribution in [3.63, 3.8) is 0 Å². The average Bonchev–Trinajstić information content (AvgIpc) is 2.66. The van der Waals surface area contributed by atoms with Gasteiger partial charge in [0.1, 0.15) is 4.88 Å². The van der Waals surface area contributed by atoms with Crippen LogP contribution in [0.25, 0.3) is 0 Å². The molecule has 0 spiro atoms. The summed E-state index contributed by atoms with van der Waals surface area (Å²) in [4.78, 5) is 16.6. The molecular formula is C10H10N2O2S. The van der Waals surface area contributed by atoms with Crippen molar-refractivity contribution in [1.29, 1.82) is 0 Å². The van der Waals surface area contributed by atoms with Gasteiger partial charge in [-0.1, -0.05) is 23.3 Å². The Kier molecular flexibility index (Phi) is 3.89. The van der Waals surface area contributed by atoms with Gasteiger partial charge in [0.15, 0.2) is 5.13 Å². The zero-order chi connectivity index (χ0) is 11.3. The lowest BCUT2D eigenvalue weighted by Crippen LogP contribution is -2.23. The summed E-state index contributed by atoms with van der Waals surface area (Å²) in [7, 11) is 0. The second-order valence-electron chi connectivity index (χ2n) is 2.69. The molecule has 1 N–H and O–H groups in total. The molecule has 0 aromatic carbocycles. The normalized spacial score (nSPS) is 9.27. The summed E-state index contributed by atoms with van der Waals surface area (Å²) in [6.07, 6.45) is 8.22. The van der Waals surface area contributed by atoms with Crippen LogP contribution in [-0.2, 0) is 0 Å². The minimum atomic E-state index is -0.974. The molecule has 0 fully saturated rings. The van der Waals surface area contributed by atoms with Gasteiger partial charge in [-0.25, -0.2) is 9.78 Å². The molecule has 0 unspecified atom stereocenters. The molecule has 0 saturated carbocycles. The smallest absolute Gasteiger partial charge is 0.347 e. The Balaban J connectivity index is 2.86. The third kappa shape index (κ3) is 2.82. The number of anilines is 1. The van der Waals surface area contributed by atoms with Crippen LogP contribution in [0.5, 0.6) is 0 Å². The maximum atomic E-state index is 10.6. The summed E-state index contributed by atoms with van der Waals surface area (Å²) in [5.41, 5.74) is 0. The van der Waals surface area contributed by atoms with Crippen LogP contribution >= 0.6 is 11.3 Å². The molecule has 15 heavy (non-hydrogen) atoms. The highest BCUT2D eigenvalue weighted by atomic mass is 32.1. The van der Waals surface area contributed by atoms with Crippen LogP contribution in [0.15, 0.2) is 18.9 Å². The van der Waals surface area contributed by atoms with Crippen molar-refractivity contribution in [3.8, 4) is 12.3 Å². The fourth-order valence-electron chi connectivity index (χ4n) is 0.986. The van der Waals surface area contributed by atoms with E-state index in [-0.39, 0.29) is 4.88 Å². The number of hydrogen-bond acceptors (Lipinski definition) is 4. The quantitative estimate of drug-likeness (QED) is 0.605. The van der Waals surface area contributed by atoms with Gasteiger partial charge in [-0.2, -0.15) is 0 Å². The molecule has 1 aromatic rings. The molecule has 5 heteroatoms. The Hall–Kier alpha value is -1.80. The first-order valence-corrected chi connectivity index (χ1v) is 4.99. The Morgan fingerprint density at radius 3 is 3.07 bits per heavy atom. The summed E-state index contributed by atoms with van der Waals surface area (Å²) in [5, 5.41) is 9.33. The highest BCUT2D eigenvalue weighted by Gasteiger charge is 2.12. The number of aromatic nitrogens is 1. The van der Waals surface area contributed by atoms with Crippen molar-refractivity contribution in [1.82, 2.24) is 4.98 Å². The number of carbonyl (C=O) groups is 1. The molecule has 0 saturated heterocycles. The first-order chi connectivity index (χ1) is 7.19. The summed E-state index contributed by atoms with van der Waals surface area (Å²) in [6, 6.07) is 0. The van der Waals surface area contributed by atoms with Crippen LogP contribution in [0.3, 0.4) is 0 Å². The van der Waals surface area contributed by atoms with Gasteiger partial charge in [0.05, 0.1) is 12.7 Å². The van der Waals surface area contributed by atoms with Gasteiger partial charge in [-0.15, -0.1) is 13.0 Å². The van der Waals surface area contributed by atoms with Crippen molar-refractivity contribution < 1.29 is 9.90 Å². The maximum absolute atomic E-state index is 10.6. The van der Waals surface area contributed by atoms with Gasteiger partial charge in [0.25, 0.3) is 0 Å². The van der Waals surface area contributed by atoms with E-state index in [9.17, 15) is 4.79 Å². The molecule has 1 heterocycles. The fraction of sp³-hybridized carbons (Fsp3) is 0.200. The molecule has 1 aromatic heterocycles. The van der Waals surface area contributed by atoms with Crippen molar-refractivity contribution >= 4 is 22.4 Å². The average molecular weight is 222 g/mol. The molecule has 0 aliphatic rings. The van der Waals surface area contributed by atoms with Gasteiger partial charge in [-0.3, -0.25) is 0 Å². The monoisotopic (exact) mass is 222 g/mol. The molecule has 0 aliphatic carbocycles. The Morgan fingerprint density at radius 1 is 1.87 bits per heavy atom. The van der Waals surface area contributed by atoms with E-state index in [1.54, 1.807) is 11.0 Å². The molecular weight excluding hydrogens is 212 g/mol. The van der Waals surface area contributed by atoms with Crippen LogP contribution in [0.1, 0.15) is 9.67 Å². The van der Waals surface area contributed by atoms with E-state index in [2.05, 4.69) is 17.5 Å². The van der Waals surface area contributed by atoms with E-state index >= 15 is 0 Å². The van der Waals surface area contributed by atoms with Crippen LogP contribution in [0.4, 0.5) is 5.13 Å². The summed E-state index contributed by atoms with van der Waals surface area (Å²) in [5.74, 6) is 1.51. The van der Waals surface area contributed by atoms with Crippen LogP contribution < -0.4 is 4.90 Å². The maximum Gasteiger partial charge on any atom is 0.347 e. The standard InChI is InChI=1S/C10H10N2O2S/c1-3-5-12(6-4-2)10-11-7-8(15-10)9(13)14/h1,4,7H,2,5-6H2,(H,13,14). The minimum absolute atomic E-state index is 0.205. The SMILES string of the molecule is C#CCN(CC=C)c1ncc(C(=O)O)s1. The number of carboxylic acids is 1. The Bertz CT molecular complexity index is 406. The topological polar surface area (TPSA) is 53.4 Å². The van der Waals surface area contributed by atoms with Gasteiger partial charge >= 0.3 is 5.97 Å². The summed E-state index contributed by atoms with van der Waals surface area (Å²) < 4.78 is 0. The predicted octanol–water partition coefficient (Wildman–Crippen LogP) is 1.47. The molecule has 78 valence electrons. The summed E-state index contributed by atoms with van der Waals surface area (Å²) >= 11 is 1.10. The Morgan fingerprint density at radius 2 is 2.60 bits per heavy atom. The second kappa shape index (κ2) is 5.17. The number of aromatic carboxylic acids is 1. The van der Waals surface area contributed by atoms with E-state index in [4.69, 9.17) is 11.5 Å². The number of thiazole rings is 1. The zero-order valence-corrected chi connectivity index (χ0v) is 8.83. The largest absolute Gasteiger partial charge is 0.477 e. The van der Waals surface area contributed by atoms with E-state index in [1.807, 2.05) is 0 Å². The van der Waals surface area contributed by atoms with E-state index in [0.29, 0.717) is 18.2 Å². The van der Waals surface area contributed by atoms with Crippen LogP contribution in [0.2, 0.25) is 0 Å². The zero-order valence-electron chi connectivity index (χ0n) is 8.01. The van der Waals surface area contributed by atoms with Crippen LogP contribution in [-0.4, -0.2) is 29.1 Å². The molecule has 0 bridgehead atoms. The summed E-state index contributed by atoms with van der Waals surface area (Å²) in [6.45, 7) is 4.54. The molecule has 0 radical (unpaired) electrons. The highest BCUT2D eigenvalue weighted by Crippen LogP contribution is 2.21. The van der Waals surface area contributed by atoms with Crippen molar-refractivity contribution in [2.45, 2.75) is 0 Å². The van der Waals surface area contributed by atoms with E-state index in [0.717, 1.165) is 11.3 Å². The van der Waals surface area contributed by atoms with E-state index in [1.165, 1.54) is 6.20 Å². The number of hydrogen-bond donors (Lipinski definition) is 1. The number of rotatable bonds is 5. The van der Waals surface area contributed by atoms with Gasteiger partial charge in [0.2, 0.25) is 0 Å². The predicted molar refractivity (Wildman–Crippen MR) is 60.3 cm³/mol. The lowest BCUT2D eigenvalue weighted by Gasteiger charge is -2.15. The number of nitrogens with zero attached hydrogens (tertiary/aromatic N) is 2. The van der Waals surface area contributed by atoms with Crippen molar-refractivity contribution in [3.05, 3.63) is 23.7 Å². The van der Waals surface area contributed by atoms with Gasteiger partial charge < -0.3 is 10.0 Å². The van der Waals surface area contributed by atoms with E-state index < -0.39 is 5.97 Å². The first kappa shape index (κ1) is 11.3. The second-order valence-corrected chi connectivity index (χ2v) is 3.69. The minimum Gasteiger partial charge on any atom is -0.477 e. The molecule has 0 atom stereocenters. The molecule has 0 aliphatic heterocycles. The fourth-order valence-corrected chi connectivity index (χ4v) is 1.75. The molecule has 0 amide bonds. The third-order valence-electron chi connectivity index (χ3n) is 1.61. The molecule has 1 rings (SSSR count). The van der Waals surface area contributed by atoms with Gasteiger partial charge in [-0.05, 0) is 0 Å². The number of carboxylic acid groups (broad SMARTS) is 1.